The normalized spacial score (nSPS) is 40.8. The summed E-state index contributed by atoms with van der Waals surface area (Å²) < 4.78 is 0.227. The average Bonchev–Trinajstić information content (AvgIpc) is 3.00. The minimum absolute atomic E-state index is 0.142. The predicted molar refractivity (Wildman–Crippen MR) is 110 cm³/mol. The van der Waals surface area contributed by atoms with Gasteiger partial charge in [0.2, 0.25) is 5.91 Å². The minimum Gasteiger partial charge on any atom is -0.371 e. The van der Waals surface area contributed by atoms with Crippen LogP contribution in [-0.4, -0.2) is 23.3 Å². The van der Waals surface area contributed by atoms with Crippen molar-refractivity contribution in [3.8, 4) is 0 Å². The van der Waals surface area contributed by atoms with E-state index in [9.17, 15) is 4.79 Å². The number of benzene rings is 1. The summed E-state index contributed by atoms with van der Waals surface area (Å²) in [4.78, 5) is 15.7. The van der Waals surface area contributed by atoms with Crippen LogP contribution in [0.1, 0.15) is 51.9 Å². The van der Waals surface area contributed by atoms with E-state index in [-0.39, 0.29) is 15.6 Å². The molecule has 1 aliphatic heterocycles. The van der Waals surface area contributed by atoms with E-state index in [1.807, 2.05) is 0 Å². The van der Waals surface area contributed by atoms with Crippen LogP contribution in [0.15, 0.2) is 24.3 Å². The number of amides is 1. The summed E-state index contributed by atoms with van der Waals surface area (Å²) in [6.07, 6.45) is 8.34. The van der Waals surface area contributed by atoms with Crippen LogP contribution in [0.4, 0.5) is 11.4 Å². The molecule has 4 saturated carbocycles. The number of halogens is 1. The maximum Gasteiger partial charge on any atom is 0.230 e. The van der Waals surface area contributed by atoms with Gasteiger partial charge in [-0.25, -0.2) is 0 Å². The molecule has 0 aromatic heterocycles. The van der Waals surface area contributed by atoms with Gasteiger partial charge in [0.05, 0.1) is 5.41 Å². The lowest BCUT2D eigenvalue weighted by molar-refractivity contribution is -0.138. The first-order valence-corrected chi connectivity index (χ1v) is 11.1. The third-order valence-corrected chi connectivity index (χ3v) is 8.31. The molecule has 4 bridgehead atoms. The summed E-state index contributed by atoms with van der Waals surface area (Å²) in [7, 11) is 0. The van der Waals surface area contributed by atoms with Crippen LogP contribution >= 0.6 is 15.9 Å². The smallest absolute Gasteiger partial charge is 0.230 e. The van der Waals surface area contributed by atoms with Gasteiger partial charge in [0.1, 0.15) is 0 Å². The van der Waals surface area contributed by atoms with Gasteiger partial charge in [-0.15, -0.1) is 0 Å². The fourth-order valence-electron chi connectivity index (χ4n) is 6.61. The lowest BCUT2D eigenvalue weighted by atomic mass is 9.49. The molecule has 0 radical (unpaired) electrons. The average molecular weight is 417 g/mol. The molecule has 3 unspecified atom stereocenters. The number of anilines is 2. The van der Waals surface area contributed by atoms with Gasteiger partial charge in [-0.1, -0.05) is 22.9 Å². The van der Waals surface area contributed by atoms with Crippen molar-refractivity contribution >= 4 is 33.2 Å². The molecule has 1 heterocycles. The molecule has 1 saturated heterocycles. The van der Waals surface area contributed by atoms with Crippen molar-refractivity contribution in [3.63, 3.8) is 0 Å². The van der Waals surface area contributed by atoms with Crippen LogP contribution in [0.25, 0.3) is 0 Å². The summed E-state index contributed by atoms with van der Waals surface area (Å²) >= 11 is 4.01. The number of hydrogen-bond acceptors (Lipinski definition) is 2. The van der Waals surface area contributed by atoms with Gasteiger partial charge in [-0.05, 0) is 87.0 Å². The van der Waals surface area contributed by atoms with E-state index in [1.165, 1.54) is 31.4 Å². The number of rotatable bonds is 3. The molecule has 1 aromatic rings. The van der Waals surface area contributed by atoms with Crippen LogP contribution in [0, 0.1) is 23.2 Å². The maximum absolute atomic E-state index is 13.3. The molecule has 6 rings (SSSR count). The second-order valence-electron chi connectivity index (χ2n) is 9.73. The molecule has 4 aliphatic carbocycles. The fraction of sp³-hybridized carbons (Fsp3) is 0.682. The van der Waals surface area contributed by atoms with Crippen molar-refractivity contribution in [2.45, 2.75) is 56.2 Å². The van der Waals surface area contributed by atoms with Crippen LogP contribution in [0.5, 0.6) is 0 Å². The Kier molecular flexibility index (Phi) is 3.93. The van der Waals surface area contributed by atoms with Crippen LogP contribution in [-0.2, 0) is 4.79 Å². The first kappa shape index (κ1) is 17.1. The minimum atomic E-state index is -0.142. The number of nitrogens with one attached hydrogen (secondary N) is 1. The highest BCUT2D eigenvalue weighted by Crippen LogP contribution is 2.64. The quantitative estimate of drug-likeness (QED) is 0.686. The summed E-state index contributed by atoms with van der Waals surface area (Å²) in [6.45, 7) is 4.60. The number of carbonyl (C=O) groups is 1. The van der Waals surface area contributed by atoms with E-state index >= 15 is 0 Å². The Morgan fingerprint density at radius 3 is 2.42 bits per heavy atom. The molecule has 5 fully saturated rings. The van der Waals surface area contributed by atoms with Crippen molar-refractivity contribution < 1.29 is 4.79 Å². The molecule has 1 N–H and O–H groups in total. The van der Waals surface area contributed by atoms with Gasteiger partial charge >= 0.3 is 0 Å². The van der Waals surface area contributed by atoms with Crippen molar-refractivity contribution in [2.24, 2.45) is 23.2 Å². The van der Waals surface area contributed by atoms with E-state index in [4.69, 9.17) is 0 Å². The van der Waals surface area contributed by atoms with Gasteiger partial charge < -0.3 is 10.2 Å². The largest absolute Gasteiger partial charge is 0.371 e. The molecular formula is C22H29BrN2O. The van der Waals surface area contributed by atoms with Gasteiger partial charge in [-0.3, -0.25) is 4.79 Å². The second kappa shape index (κ2) is 5.98. The summed E-state index contributed by atoms with van der Waals surface area (Å²) in [5, 5.41) is 3.26. The lowest BCUT2D eigenvalue weighted by Gasteiger charge is -2.59. The highest BCUT2D eigenvalue weighted by molar-refractivity contribution is 9.10. The van der Waals surface area contributed by atoms with E-state index in [0.29, 0.717) is 0 Å². The predicted octanol–water partition coefficient (Wildman–Crippen LogP) is 5.21. The van der Waals surface area contributed by atoms with Crippen LogP contribution < -0.4 is 10.2 Å². The lowest BCUT2D eigenvalue weighted by Crippen LogP contribution is -2.57. The number of nitrogens with zero attached hydrogens (tertiary/aromatic N) is 1. The van der Waals surface area contributed by atoms with E-state index in [1.54, 1.807) is 0 Å². The molecular weight excluding hydrogens is 388 g/mol. The molecule has 26 heavy (non-hydrogen) atoms. The summed E-state index contributed by atoms with van der Waals surface area (Å²) in [5.41, 5.74) is 2.09. The Labute approximate surface area is 165 Å². The highest BCUT2D eigenvalue weighted by Gasteiger charge is 2.59. The summed E-state index contributed by atoms with van der Waals surface area (Å²) in [6, 6.07) is 8.50. The zero-order chi connectivity index (χ0) is 17.9. The summed E-state index contributed by atoms with van der Waals surface area (Å²) in [5.74, 6) is 2.52. The van der Waals surface area contributed by atoms with Crippen molar-refractivity contribution in [1.29, 1.82) is 0 Å². The van der Waals surface area contributed by atoms with Crippen LogP contribution in [0.3, 0.4) is 0 Å². The second-order valence-corrected chi connectivity index (χ2v) is 11.4. The molecule has 3 nitrogen and oxygen atoms in total. The SMILES string of the molecule is CC1CCN(c2ccc(NC(=O)C34CC5CC(CC(Br)(C5)C3)C4)cc2)C1. The third-order valence-electron chi connectivity index (χ3n) is 7.39. The molecule has 1 aromatic carbocycles. The zero-order valence-corrected chi connectivity index (χ0v) is 17.2. The monoisotopic (exact) mass is 416 g/mol. The Hall–Kier alpha value is -1.03. The van der Waals surface area contributed by atoms with Crippen molar-refractivity contribution in [1.82, 2.24) is 0 Å². The Bertz CT molecular complexity index is 701. The number of carbonyl (C=O) groups excluding carboxylic acids is 1. The fourth-order valence-corrected chi connectivity index (χ4v) is 8.06. The molecule has 4 heteroatoms. The zero-order valence-electron chi connectivity index (χ0n) is 15.6. The molecule has 140 valence electrons. The number of hydrogen-bond donors (Lipinski definition) is 1. The van der Waals surface area contributed by atoms with Gasteiger partial charge in [0, 0.05) is 28.8 Å². The van der Waals surface area contributed by atoms with E-state index in [2.05, 4.69) is 57.3 Å². The maximum atomic E-state index is 13.3. The Morgan fingerprint density at radius 2 is 1.85 bits per heavy atom. The van der Waals surface area contributed by atoms with Crippen LogP contribution in [0.2, 0.25) is 0 Å². The molecule has 3 atom stereocenters. The Balaban J connectivity index is 1.30. The molecule has 0 spiro atoms. The van der Waals surface area contributed by atoms with Crippen molar-refractivity contribution in [2.75, 3.05) is 23.3 Å². The highest BCUT2D eigenvalue weighted by atomic mass is 79.9. The van der Waals surface area contributed by atoms with E-state index in [0.717, 1.165) is 55.8 Å². The molecule has 5 aliphatic rings. The van der Waals surface area contributed by atoms with Crippen molar-refractivity contribution in [3.05, 3.63) is 24.3 Å². The number of alkyl halides is 1. The molecule has 1 amide bonds. The van der Waals surface area contributed by atoms with Gasteiger partial charge in [-0.2, -0.15) is 0 Å². The first-order chi connectivity index (χ1) is 12.4. The Morgan fingerprint density at radius 1 is 1.15 bits per heavy atom. The third kappa shape index (κ3) is 2.89. The first-order valence-electron chi connectivity index (χ1n) is 10.3. The standard InChI is InChI=1S/C22H29BrN2O/c1-15-6-7-25(13-15)19-4-2-18(3-5-19)24-20(26)21-9-16-8-17(10-21)12-22(23,11-16)14-21/h2-5,15-17H,6-14H2,1H3,(H,24,26). The van der Waals surface area contributed by atoms with Gasteiger partial charge in [0.25, 0.3) is 0 Å². The topological polar surface area (TPSA) is 32.3 Å². The van der Waals surface area contributed by atoms with Gasteiger partial charge in [0.15, 0.2) is 0 Å². The van der Waals surface area contributed by atoms with E-state index < -0.39 is 0 Å².